The summed E-state index contributed by atoms with van der Waals surface area (Å²) < 4.78 is 2.02. The van der Waals surface area contributed by atoms with Gasteiger partial charge in [-0.1, -0.05) is 56.3 Å². The molecule has 0 aliphatic carbocycles. The van der Waals surface area contributed by atoms with Gasteiger partial charge >= 0.3 is 11.9 Å². The average molecular weight is 408 g/mol. The average Bonchev–Trinajstić information content (AvgIpc) is 3.05. The Balaban J connectivity index is 2.04. The maximum absolute atomic E-state index is 12.1. The number of carbonyl (C=O) groups is 2. The zero-order valence-corrected chi connectivity index (χ0v) is 17.5. The summed E-state index contributed by atoms with van der Waals surface area (Å²) in [7, 11) is 0. The van der Waals surface area contributed by atoms with E-state index in [1.807, 2.05) is 80.1 Å². The molecule has 6 nitrogen and oxygen atoms in total. The molecule has 0 saturated heterocycles. The standard InChI is InChI=1S/C24H28N2O4/c1-15(2)12-19(23(27)28)25-20(24(29)30)13-22-18-10-6-5-9-17(18)14-26(22)21-11-7-4-8-16(21)3/h4-11,14-15,19-20,25H,12-13H2,1-3H3,(H,27,28)(H,29,30). The molecule has 2 atom stereocenters. The lowest BCUT2D eigenvalue weighted by Gasteiger charge is -2.23. The lowest BCUT2D eigenvalue weighted by molar-refractivity contribution is -0.142. The molecule has 158 valence electrons. The van der Waals surface area contributed by atoms with E-state index in [2.05, 4.69) is 5.32 Å². The number of benzene rings is 2. The van der Waals surface area contributed by atoms with Crippen LogP contribution in [0.15, 0.2) is 54.7 Å². The molecule has 0 aliphatic heterocycles. The van der Waals surface area contributed by atoms with E-state index in [1.165, 1.54) is 0 Å². The Labute approximate surface area is 176 Å². The number of rotatable bonds is 9. The summed E-state index contributed by atoms with van der Waals surface area (Å²) in [4.78, 5) is 23.7. The van der Waals surface area contributed by atoms with Crippen LogP contribution in [0.5, 0.6) is 0 Å². The van der Waals surface area contributed by atoms with Crippen molar-refractivity contribution in [3.63, 3.8) is 0 Å². The van der Waals surface area contributed by atoms with Crippen LogP contribution in [0.25, 0.3) is 16.5 Å². The maximum atomic E-state index is 12.1. The van der Waals surface area contributed by atoms with Gasteiger partial charge in [0, 0.05) is 34.8 Å². The Morgan fingerprint density at radius 1 is 0.967 bits per heavy atom. The van der Waals surface area contributed by atoms with Crippen LogP contribution in [0.1, 0.15) is 31.5 Å². The molecule has 2 unspecified atom stereocenters. The Hall–Kier alpha value is -3.12. The normalized spacial score (nSPS) is 13.5. The van der Waals surface area contributed by atoms with E-state index in [0.717, 1.165) is 27.7 Å². The van der Waals surface area contributed by atoms with Crippen molar-refractivity contribution in [3.05, 3.63) is 66.0 Å². The van der Waals surface area contributed by atoms with Crippen LogP contribution in [-0.4, -0.2) is 38.8 Å². The summed E-state index contributed by atoms with van der Waals surface area (Å²) in [6.07, 6.45) is 2.53. The molecule has 0 fully saturated rings. The molecule has 0 amide bonds. The molecular weight excluding hydrogens is 380 g/mol. The van der Waals surface area contributed by atoms with Crippen molar-refractivity contribution in [1.82, 2.24) is 9.88 Å². The van der Waals surface area contributed by atoms with Gasteiger partial charge in [-0.2, -0.15) is 0 Å². The second-order valence-electron chi connectivity index (χ2n) is 8.10. The Morgan fingerprint density at radius 2 is 1.60 bits per heavy atom. The number of hydrogen-bond donors (Lipinski definition) is 3. The summed E-state index contributed by atoms with van der Waals surface area (Å²) >= 11 is 0. The largest absolute Gasteiger partial charge is 0.480 e. The van der Waals surface area contributed by atoms with Crippen LogP contribution in [0, 0.1) is 12.8 Å². The zero-order valence-electron chi connectivity index (χ0n) is 17.5. The van der Waals surface area contributed by atoms with Gasteiger partial charge in [-0.05, 0) is 30.9 Å². The molecule has 3 rings (SSSR count). The molecule has 0 spiro atoms. The molecule has 0 radical (unpaired) electrons. The number of aromatic nitrogens is 1. The quantitative estimate of drug-likeness (QED) is 0.497. The topological polar surface area (TPSA) is 91.6 Å². The van der Waals surface area contributed by atoms with Crippen molar-refractivity contribution < 1.29 is 19.8 Å². The van der Waals surface area contributed by atoms with Crippen LogP contribution >= 0.6 is 0 Å². The molecule has 6 heteroatoms. The highest BCUT2D eigenvalue weighted by Gasteiger charge is 2.28. The van der Waals surface area contributed by atoms with Crippen molar-refractivity contribution in [3.8, 4) is 5.69 Å². The maximum Gasteiger partial charge on any atom is 0.321 e. The first kappa shape index (κ1) is 21.6. The Bertz CT molecular complexity index is 1050. The van der Waals surface area contributed by atoms with Gasteiger partial charge in [-0.25, -0.2) is 0 Å². The van der Waals surface area contributed by atoms with Gasteiger partial charge in [0.1, 0.15) is 12.1 Å². The first-order valence-electron chi connectivity index (χ1n) is 10.1. The number of hydrogen-bond acceptors (Lipinski definition) is 3. The van der Waals surface area contributed by atoms with Crippen LogP contribution in [-0.2, 0) is 16.0 Å². The molecule has 3 aromatic rings. The van der Waals surface area contributed by atoms with E-state index in [4.69, 9.17) is 0 Å². The van der Waals surface area contributed by atoms with Crippen LogP contribution < -0.4 is 5.32 Å². The lowest BCUT2D eigenvalue weighted by atomic mass is 10.0. The van der Waals surface area contributed by atoms with E-state index in [-0.39, 0.29) is 12.3 Å². The fourth-order valence-electron chi connectivity index (χ4n) is 3.84. The number of nitrogens with zero attached hydrogens (tertiary/aromatic N) is 1. The van der Waals surface area contributed by atoms with Gasteiger partial charge in [0.15, 0.2) is 0 Å². The molecule has 1 aromatic heterocycles. The van der Waals surface area contributed by atoms with E-state index >= 15 is 0 Å². The summed E-state index contributed by atoms with van der Waals surface area (Å²) in [5.41, 5.74) is 2.89. The fraction of sp³-hybridized carbons (Fsp3) is 0.333. The van der Waals surface area contributed by atoms with Crippen LogP contribution in [0.4, 0.5) is 0 Å². The van der Waals surface area contributed by atoms with Crippen LogP contribution in [0.3, 0.4) is 0 Å². The van der Waals surface area contributed by atoms with E-state index in [9.17, 15) is 19.8 Å². The van der Waals surface area contributed by atoms with Gasteiger partial charge in [0.25, 0.3) is 0 Å². The van der Waals surface area contributed by atoms with E-state index in [1.54, 1.807) is 0 Å². The molecule has 3 N–H and O–H groups in total. The van der Waals surface area contributed by atoms with E-state index < -0.39 is 24.0 Å². The van der Waals surface area contributed by atoms with Crippen molar-refractivity contribution in [2.75, 3.05) is 0 Å². The third-order valence-corrected chi connectivity index (χ3v) is 5.31. The van der Waals surface area contributed by atoms with Gasteiger partial charge in [0.05, 0.1) is 0 Å². The molecule has 0 bridgehead atoms. The number of carboxylic acid groups (broad SMARTS) is 2. The van der Waals surface area contributed by atoms with Gasteiger partial charge < -0.3 is 14.8 Å². The third-order valence-electron chi connectivity index (χ3n) is 5.31. The van der Waals surface area contributed by atoms with E-state index in [0.29, 0.717) is 6.42 Å². The van der Waals surface area contributed by atoms with Crippen molar-refractivity contribution in [2.24, 2.45) is 5.92 Å². The minimum Gasteiger partial charge on any atom is -0.480 e. The van der Waals surface area contributed by atoms with Crippen LogP contribution in [0.2, 0.25) is 0 Å². The number of nitrogens with one attached hydrogen (secondary N) is 1. The first-order valence-corrected chi connectivity index (χ1v) is 10.1. The SMILES string of the molecule is Cc1ccccc1-n1cc2ccccc2c1CC(NC(CC(C)C)C(=O)O)C(=O)O. The van der Waals surface area contributed by atoms with Crippen molar-refractivity contribution in [1.29, 1.82) is 0 Å². The Morgan fingerprint density at radius 3 is 2.23 bits per heavy atom. The predicted molar refractivity (Wildman–Crippen MR) is 117 cm³/mol. The first-order chi connectivity index (χ1) is 14.3. The molecule has 0 saturated carbocycles. The molecule has 30 heavy (non-hydrogen) atoms. The number of fused-ring (bicyclic) bond motifs is 1. The summed E-state index contributed by atoms with van der Waals surface area (Å²) in [5.74, 6) is -1.97. The van der Waals surface area contributed by atoms with Crippen molar-refractivity contribution in [2.45, 2.75) is 45.7 Å². The molecule has 1 heterocycles. The predicted octanol–water partition coefficient (Wildman–Crippen LogP) is 4.02. The second-order valence-corrected chi connectivity index (χ2v) is 8.10. The number of aryl methyl sites for hydroxylation is 1. The van der Waals surface area contributed by atoms with Gasteiger partial charge in [0.2, 0.25) is 0 Å². The smallest absolute Gasteiger partial charge is 0.321 e. The molecule has 2 aromatic carbocycles. The molecule has 0 aliphatic rings. The molecular formula is C24H28N2O4. The highest BCUT2D eigenvalue weighted by molar-refractivity contribution is 5.87. The van der Waals surface area contributed by atoms with Gasteiger partial charge in [-0.15, -0.1) is 0 Å². The minimum absolute atomic E-state index is 0.129. The second kappa shape index (κ2) is 9.13. The van der Waals surface area contributed by atoms with Crippen molar-refractivity contribution >= 4 is 22.7 Å². The fourth-order valence-corrected chi connectivity index (χ4v) is 3.84. The summed E-state index contributed by atoms with van der Waals surface area (Å²) in [6, 6.07) is 13.8. The zero-order chi connectivity index (χ0) is 21.8. The lowest BCUT2D eigenvalue weighted by Crippen LogP contribution is -2.49. The number of carboxylic acids is 2. The Kier molecular flexibility index (Phi) is 6.57. The highest BCUT2D eigenvalue weighted by atomic mass is 16.4. The summed E-state index contributed by atoms with van der Waals surface area (Å²) in [5, 5.41) is 24.3. The highest BCUT2D eigenvalue weighted by Crippen LogP contribution is 2.27. The monoisotopic (exact) mass is 408 g/mol. The number of para-hydroxylation sites is 1. The summed E-state index contributed by atoms with van der Waals surface area (Å²) in [6.45, 7) is 5.86. The number of aliphatic carboxylic acids is 2. The third kappa shape index (κ3) is 4.71. The van der Waals surface area contributed by atoms with Gasteiger partial charge in [-0.3, -0.25) is 14.9 Å². The minimum atomic E-state index is -1.06.